The fraction of sp³-hybridized carbons (Fsp3) is 0.867. The van der Waals surface area contributed by atoms with Crippen molar-refractivity contribution in [2.24, 2.45) is 5.92 Å². The Bertz CT molecular complexity index is 409. The summed E-state index contributed by atoms with van der Waals surface area (Å²) in [7, 11) is 1.59. The zero-order chi connectivity index (χ0) is 16.2. The van der Waals surface area contributed by atoms with E-state index in [-0.39, 0.29) is 18.7 Å². The Morgan fingerprint density at radius 1 is 1.36 bits per heavy atom. The normalized spacial score (nSPS) is 24.9. The van der Waals surface area contributed by atoms with Gasteiger partial charge in [-0.3, -0.25) is 4.79 Å². The standard InChI is InChI=1S/C15H26N2O5/c1-11(13(18)19)9-17(2)14(20)16-8-12-10-21-15(22-12)6-4-3-5-7-15/h11-12H,3-10H2,1-2H3,(H,16,20)(H,18,19). The molecular weight excluding hydrogens is 288 g/mol. The van der Waals surface area contributed by atoms with E-state index >= 15 is 0 Å². The molecule has 1 saturated heterocycles. The van der Waals surface area contributed by atoms with Crippen LogP contribution in [0, 0.1) is 5.92 Å². The van der Waals surface area contributed by atoms with Crippen LogP contribution in [0.5, 0.6) is 0 Å². The SMILES string of the molecule is CC(CN(C)C(=O)NCC1COC2(CCCCC2)O1)C(=O)O. The Morgan fingerprint density at radius 2 is 2.05 bits per heavy atom. The summed E-state index contributed by atoms with van der Waals surface area (Å²) >= 11 is 0. The maximum absolute atomic E-state index is 12.0. The molecule has 2 amide bonds. The quantitative estimate of drug-likeness (QED) is 0.801. The Morgan fingerprint density at radius 3 is 2.68 bits per heavy atom. The summed E-state index contributed by atoms with van der Waals surface area (Å²) in [6.45, 7) is 2.63. The van der Waals surface area contributed by atoms with Crippen LogP contribution in [-0.4, -0.2) is 60.6 Å². The van der Waals surface area contributed by atoms with Crippen molar-refractivity contribution in [3.05, 3.63) is 0 Å². The number of carbonyl (C=O) groups excluding carboxylic acids is 1. The summed E-state index contributed by atoms with van der Waals surface area (Å²) < 4.78 is 11.8. The molecule has 0 aromatic carbocycles. The molecule has 1 saturated carbocycles. The Balaban J connectivity index is 1.71. The van der Waals surface area contributed by atoms with Crippen LogP contribution in [0.2, 0.25) is 0 Å². The average Bonchev–Trinajstić information content (AvgIpc) is 2.88. The fourth-order valence-corrected chi connectivity index (χ4v) is 2.98. The van der Waals surface area contributed by atoms with Gasteiger partial charge < -0.3 is 24.8 Å². The van der Waals surface area contributed by atoms with Crippen LogP contribution in [0.3, 0.4) is 0 Å². The van der Waals surface area contributed by atoms with E-state index in [9.17, 15) is 9.59 Å². The van der Waals surface area contributed by atoms with Gasteiger partial charge >= 0.3 is 12.0 Å². The number of carboxylic acids is 1. The van der Waals surface area contributed by atoms with Crippen molar-refractivity contribution in [1.29, 1.82) is 0 Å². The van der Waals surface area contributed by atoms with Gasteiger partial charge in [-0.25, -0.2) is 4.79 Å². The molecule has 2 atom stereocenters. The van der Waals surface area contributed by atoms with Gasteiger partial charge in [0.1, 0.15) is 6.10 Å². The van der Waals surface area contributed by atoms with Gasteiger partial charge in [-0.1, -0.05) is 13.3 Å². The molecule has 0 aromatic rings. The number of rotatable bonds is 5. The number of hydrogen-bond acceptors (Lipinski definition) is 4. The predicted molar refractivity (Wildman–Crippen MR) is 79.5 cm³/mol. The highest BCUT2D eigenvalue weighted by molar-refractivity contribution is 5.75. The Labute approximate surface area is 130 Å². The fourth-order valence-electron chi connectivity index (χ4n) is 2.98. The number of carbonyl (C=O) groups is 2. The lowest BCUT2D eigenvalue weighted by molar-refractivity contribution is -0.186. The van der Waals surface area contributed by atoms with E-state index in [0.717, 1.165) is 25.7 Å². The van der Waals surface area contributed by atoms with Gasteiger partial charge in [-0.2, -0.15) is 0 Å². The van der Waals surface area contributed by atoms with Gasteiger partial charge in [-0.05, 0) is 12.8 Å². The number of hydrogen-bond donors (Lipinski definition) is 2. The molecule has 1 aliphatic heterocycles. The minimum absolute atomic E-state index is 0.132. The molecule has 2 fully saturated rings. The van der Waals surface area contributed by atoms with Gasteiger partial charge in [0.2, 0.25) is 0 Å². The molecule has 2 rings (SSSR count). The second-order valence-corrected chi connectivity index (χ2v) is 6.33. The van der Waals surface area contributed by atoms with Gasteiger partial charge in [0, 0.05) is 33.0 Å². The topological polar surface area (TPSA) is 88.1 Å². The molecule has 1 aliphatic carbocycles. The molecule has 0 radical (unpaired) electrons. The molecule has 2 unspecified atom stereocenters. The highest BCUT2D eigenvalue weighted by Gasteiger charge is 2.42. The van der Waals surface area contributed by atoms with E-state index in [0.29, 0.717) is 13.2 Å². The number of nitrogens with zero attached hydrogens (tertiary/aromatic N) is 1. The van der Waals surface area contributed by atoms with Crippen LogP contribution in [0.25, 0.3) is 0 Å². The first-order chi connectivity index (χ1) is 10.4. The van der Waals surface area contributed by atoms with E-state index in [2.05, 4.69) is 5.32 Å². The lowest BCUT2D eigenvalue weighted by atomic mass is 9.94. The van der Waals surface area contributed by atoms with Crippen molar-refractivity contribution in [3.8, 4) is 0 Å². The number of aliphatic carboxylic acids is 1. The third kappa shape index (κ3) is 4.33. The molecule has 7 heteroatoms. The van der Waals surface area contributed by atoms with Gasteiger partial charge in [0.05, 0.1) is 12.5 Å². The van der Waals surface area contributed by atoms with Crippen LogP contribution in [0.4, 0.5) is 4.79 Å². The first-order valence-electron chi connectivity index (χ1n) is 7.95. The smallest absolute Gasteiger partial charge is 0.317 e. The predicted octanol–water partition coefficient (Wildman–Crippen LogP) is 1.42. The molecule has 1 spiro atoms. The monoisotopic (exact) mass is 314 g/mol. The van der Waals surface area contributed by atoms with Gasteiger partial charge in [-0.15, -0.1) is 0 Å². The molecule has 1 heterocycles. The van der Waals surface area contributed by atoms with Gasteiger partial charge in [0.25, 0.3) is 0 Å². The zero-order valence-electron chi connectivity index (χ0n) is 13.3. The molecule has 126 valence electrons. The van der Waals surface area contributed by atoms with Crippen LogP contribution in [0.1, 0.15) is 39.0 Å². The van der Waals surface area contributed by atoms with Crippen molar-refractivity contribution >= 4 is 12.0 Å². The minimum Gasteiger partial charge on any atom is -0.481 e. The highest BCUT2D eigenvalue weighted by Crippen LogP contribution is 2.37. The minimum atomic E-state index is -0.911. The highest BCUT2D eigenvalue weighted by atomic mass is 16.7. The summed E-state index contributed by atoms with van der Waals surface area (Å²) in [5, 5.41) is 11.6. The third-order valence-corrected chi connectivity index (χ3v) is 4.33. The van der Waals surface area contributed by atoms with Crippen LogP contribution < -0.4 is 5.32 Å². The number of ether oxygens (including phenoxy) is 2. The van der Waals surface area contributed by atoms with E-state index in [1.807, 2.05) is 0 Å². The van der Waals surface area contributed by atoms with E-state index < -0.39 is 17.7 Å². The molecule has 7 nitrogen and oxygen atoms in total. The number of urea groups is 1. The molecule has 2 aliphatic rings. The average molecular weight is 314 g/mol. The third-order valence-electron chi connectivity index (χ3n) is 4.33. The van der Waals surface area contributed by atoms with Crippen molar-refractivity contribution in [3.63, 3.8) is 0 Å². The van der Waals surface area contributed by atoms with Crippen LogP contribution in [-0.2, 0) is 14.3 Å². The lowest BCUT2D eigenvalue weighted by Gasteiger charge is -2.31. The van der Waals surface area contributed by atoms with E-state index in [4.69, 9.17) is 14.6 Å². The summed E-state index contributed by atoms with van der Waals surface area (Å²) in [5.74, 6) is -1.93. The van der Waals surface area contributed by atoms with Crippen molar-refractivity contribution in [1.82, 2.24) is 10.2 Å². The molecule has 0 bridgehead atoms. The van der Waals surface area contributed by atoms with E-state index in [1.165, 1.54) is 11.3 Å². The van der Waals surface area contributed by atoms with Crippen LogP contribution >= 0.6 is 0 Å². The molecule has 0 aromatic heterocycles. The zero-order valence-corrected chi connectivity index (χ0v) is 13.3. The Kier molecular flexibility index (Phi) is 5.63. The molecular formula is C15H26N2O5. The van der Waals surface area contributed by atoms with E-state index in [1.54, 1.807) is 14.0 Å². The summed E-state index contributed by atoms with van der Waals surface area (Å²) in [6.07, 6.45) is 5.18. The van der Waals surface area contributed by atoms with Crippen molar-refractivity contribution in [2.45, 2.75) is 50.9 Å². The number of nitrogens with one attached hydrogen (secondary N) is 1. The van der Waals surface area contributed by atoms with Gasteiger partial charge in [0.15, 0.2) is 5.79 Å². The van der Waals surface area contributed by atoms with Crippen LogP contribution in [0.15, 0.2) is 0 Å². The second kappa shape index (κ2) is 7.28. The summed E-state index contributed by atoms with van der Waals surface area (Å²) in [6, 6.07) is -0.290. The first kappa shape index (κ1) is 17.0. The molecule has 2 N–H and O–H groups in total. The Hall–Kier alpha value is -1.34. The number of amides is 2. The largest absolute Gasteiger partial charge is 0.481 e. The molecule has 22 heavy (non-hydrogen) atoms. The first-order valence-corrected chi connectivity index (χ1v) is 7.95. The lowest BCUT2D eigenvalue weighted by Crippen LogP contribution is -2.44. The van der Waals surface area contributed by atoms with Crippen molar-refractivity contribution < 1.29 is 24.2 Å². The number of carboxylic acid groups (broad SMARTS) is 1. The second-order valence-electron chi connectivity index (χ2n) is 6.33. The maximum atomic E-state index is 12.0. The maximum Gasteiger partial charge on any atom is 0.317 e. The summed E-state index contributed by atoms with van der Waals surface area (Å²) in [4.78, 5) is 24.1. The summed E-state index contributed by atoms with van der Waals surface area (Å²) in [5.41, 5.74) is 0. The van der Waals surface area contributed by atoms with Crippen molar-refractivity contribution in [2.75, 3.05) is 26.7 Å².